The second-order valence-corrected chi connectivity index (χ2v) is 4.67. The van der Waals surface area contributed by atoms with Gasteiger partial charge in [-0.1, -0.05) is 24.6 Å². The molecule has 76 valence electrons. The van der Waals surface area contributed by atoms with E-state index in [-0.39, 0.29) is 6.10 Å². The summed E-state index contributed by atoms with van der Waals surface area (Å²) in [5.41, 5.74) is 2.29. The molecule has 2 unspecified atom stereocenters. The summed E-state index contributed by atoms with van der Waals surface area (Å²) < 4.78 is 0. The number of aliphatic hydroxyl groups is 1. The van der Waals surface area contributed by atoms with E-state index in [1.165, 1.54) is 5.56 Å². The highest BCUT2D eigenvalue weighted by Crippen LogP contribution is 2.32. The molecule has 2 heteroatoms. The van der Waals surface area contributed by atoms with E-state index in [1.807, 2.05) is 18.2 Å². The van der Waals surface area contributed by atoms with Gasteiger partial charge in [-0.05, 0) is 48.4 Å². The SMILES string of the molecule is CC1CCc2ccc(Cl)cc2C(O)C1. The highest BCUT2D eigenvalue weighted by atomic mass is 35.5. The van der Waals surface area contributed by atoms with Crippen molar-refractivity contribution in [3.63, 3.8) is 0 Å². The van der Waals surface area contributed by atoms with Gasteiger partial charge in [0.2, 0.25) is 0 Å². The molecule has 1 aromatic rings. The van der Waals surface area contributed by atoms with Crippen molar-refractivity contribution in [3.05, 3.63) is 34.3 Å². The maximum absolute atomic E-state index is 9.98. The van der Waals surface area contributed by atoms with Crippen LogP contribution < -0.4 is 0 Å². The number of rotatable bonds is 0. The molecule has 0 aliphatic heterocycles. The van der Waals surface area contributed by atoms with Crippen LogP contribution in [0.3, 0.4) is 0 Å². The molecule has 0 spiro atoms. The Morgan fingerprint density at radius 1 is 1.43 bits per heavy atom. The lowest BCUT2D eigenvalue weighted by atomic mass is 10.00. The van der Waals surface area contributed by atoms with E-state index in [0.29, 0.717) is 5.92 Å². The third-order valence-electron chi connectivity index (χ3n) is 3.00. The summed E-state index contributed by atoms with van der Waals surface area (Å²) in [4.78, 5) is 0. The number of hydrogen-bond donors (Lipinski definition) is 1. The Bertz CT molecular complexity index is 335. The number of hydrogen-bond acceptors (Lipinski definition) is 1. The number of aryl methyl sites for hydroxylation is 1. The molecule has 1 aromatic carbocycles. The molecule has 0 heterocycles. The summed E-state index contributed by atoms with van der Waals surface area (Å²) in [6, 6.07) is 5.85. The van der Waals surface area contributed by atoms with Gasteiger partial charge >= 0.3 is 0 Å². The van der Waals surface area contributed by atoms with Crippen LogP contribution >= 0.6 is 11.6 Å². The maximum Gasteiger partial charge on any atom is 0.0795 e. The highest BCUT2D eigenvalue weighted by molar-refractivity contribution is 6.30. The smallest absolute Gasteiger partial charge is 0.0795 e. The zero-order valence-corrected chi connectivity index (χ0v) is 9.09. The van der Waals surface area contributed by atoms with Gasteiger partial charge in [0.15, 0.2) is 0 Å². The Morgan fingerprint density at radius 3 is 3.00 bits per heavy atom. The minimum absolute atomic E-state index is 0.332. The Morgan fingerprint density at radius 2 is 2.21 bits per heavy atom. The Kier molecular flexibility index (Phi) is 2.80. The van der Waals surface area contributed by atoms with Crippen LogP contribution in [-0.2, 0) is 6.42 Å². The van der Waals surface area contributed by atoms with Crippen molar-refractivity contribution >= 4 is 11.6 Å². The van der Waals surface area contributed by atoms with Crippen molar-refractivity contribution in [1.29, 1.82) is 0 Å². The molecular weight excluding hydrogens is 196 g/mol. The average Bonchev–Trinajstić information content (AvgIpc) is 2.27. The highest BCUT2D eigenvalue weighted by Gasteiger charge is 2.20. The van der Waals surface area contributed by atoms with Gasteiger partial charge in [-0.3, -0.25) is 0 Å². The second-order valence-electron chi connectivity index (χ2n) is 4.24. The fraction of sp³-hybridized carbons (Fsp3) is 0.500. The average molecular weight is 211 g/mol. The minimum Gasteiger partial charge on any atom is -0.388 e. The zero-order valence-electron chi connectivity index (χ0n) is 8.33. The van der Waals surface area contributed by atoms with Crippen LogP contribution in [0, 0.1) is 5.92 Å². The first-order valence-corrected chi connectivity index (χ1v) is 5.51. The van der Waals surface area contributed by atoms with Crippen LogP contribution in [0.2, 0.25) is 5.02 Å². The molecule has 14 heavy (non-hydrogen) atoms. The topological polar surface area (TPSA) is 20.2 Å². The quantitative estimate of drug-likeness (QED) is 0.652. The van der Waals surface area contributed by atoms with E-state index < -0.39 is 0 Å². The number of aliphatic hydroxyl groups excluding tert-OH is 1. The molecular formula is C12H15ClO. The van der Waals surface area contributed by atoms with Gasteiger partial charge < -0.3 is 5.11 Å². The Balaban J connectivity index is 2.39. The van der Waals surface area contributed by atoms with Gasteiger partial charge in [0.1, 0.15) is 0 Å². The largest absolute Gasteiger partial charge is 0.388 e. The predicted octanol–water partition coefficient (Wildman–Crippen LogP) is 3.35. The summed E-state index contributed by atoms with van der Waals surface area (Å²) in [6.07, 6.45) is 2.74. The van der Waals surface area contributed by atoms with Crippen molar-refractivity contribution in [2.24, 2.45) is 5.92 Å². The third kappa shape index (κ3) is 1.94. The lowest BCUT2D eigenvalue weighted by Gasteiger charge is -2.13. The monoisotopic (exact) mass is 210 g/mol. The first-order chi connectivity index (χ1) is 6.66. The van der Waals surface area contributed by atoms with Gasteiger partial charge in [-0.2, -0.15) is 0 Å². The lowest BCUT2D eigenvalue weighted by molar-refractivity contribution is 0.150. The van der Waals surface area contributed by atoms with Crippen LogP contribution in [0.1, 0.15) is 37.0 Å². The molecule has 0 fully saturated rings. The minimum atomic E-state index is -0.332. The van der Waals surface area contributed by atoms with Gasteiger partial charge in [-0.25, -0.2) is 0 Å². The van der Waals surface area contributed by atoms with Crippen molar-refractivity contribution in [2.75, 3.05) is 0 Å². The molecule has 0 amide bonds. The summed E-state index contributed by atoms with van der Waals surface area (Å²) in [5.74, 6) is 0.594. The van der Waals surface area contributed by atoms with E-state index in [9.17, 15) is 5.11 Å². The van der Waals surface area contributed by atoms with Gasteiger partial charge in [0.05, 0.1) is 6.10 Å². The number of halogens is 1. The van der Waals surface area contributed by atoms with Crippen LogP contribution in [0.4, 0.5) is 0 Å². The number of fused-ring (bicyclic) bond motifs is 1. The van der Waals surface area contributed by atoms with E-state index in [2.05, 4.69) is 6.92 Å². The summed E-state index contributed by atoms with van der Waals surface area (Å²) in [7, 11) is 0. The summed E-state index contributed by atoms with van der Waals surface area (Å²) in [5, 5.41) is 10.7. The molecule has 0 aromatic heterocycles. The fourth-order valence-corrected chi connectivity index (χ4v) is 2.31. The van der Waals surface area contributed by atoms with E-state index in [4.69, 9.17) is 11.6 Å². The van der Waals surface area contributed by atoms with Crippen molar-refractivity contribution < 1.29 is 5.11 Å². The Labute approximate surface area is 89.7 Å². The van der Waals surface area contributed by atoms with E-state index in [1.54, 1.807) is 0 Å². The van der Waals surface area contributed by atoms with Crippen molar-refractivity contribution in [3.8, 4) is 0 Å². The molecule has 1 N–H and O–H groups in total. The molecule has 1 aliphatic carbocycles. The van der Waals surface area contributed by atoms with Gasteiger partial charge in [0.25, 0.3) is 0 Å². The van der Waals surface area contributed by atoms with Gasteiger partial charge in [-0.15, -0.1) is 0 Å². The molecule has 1 nitrogen and oxygen atoms in total. The summed E-state index contributed by atoms with van der Waals surface area (Å²) >= 11 is 5.92. The first-order valence-electron chi connectivity index (χ1n) is 5.13. The van der Waals surface area contributed by atoms with Crippen LogP contribution in [-0.4, -0.2) is 5.11 Å². The Hall–Kier alpha value is -0.530. The van der Waals surface area contributed by atoms with Gasteiger partial charge in [0, 0.05) is 5.02 Å². The fourth-order valence-electron chi connectivity index (χ4n) is 2.13. The van der Waals surface area contributed by atoms with Crippen molar-refractivity contribution in [2.45, 2.75) is 32.3 Å². The second kappa shape index (κ2) is 3.92. The third-order valence-corrected chi connectivity index (χ3v) is 3.23. The molecule has 2 rings (SSSR count). The standard InChI is InChI=1S/C12H15ClO/c1-8-2-3-9-4-5-10(13)7-11(9)12(14)6-8/h4-5,7-8,12,14H,2-3,6H2,1H3. The first kappa shape index (κ1) is 10.0. The molecule has 0 saturated carbocycles. The number of benzene rings is 1. The molecule has 0 saturated heterocycles. The molecule has 0 radical (unpaired) electrons. The van der Waals surface area contributed by atoms with Crippen molar-refractivity contribution in [1.82, 2.24) is 0 Å². The van der Waals surface area contributed by atoms with Crippen LogP contribution in [0.5, 0.6) is 0 Å². The van der Waals surface area contributed by atoms with E-state index in [0.717, 1.165) is 29.8 Å². The summed E-state index contributed by atoms with van der Waals surface area (Å²) in [6.45, 7) is 2.19. The molecule has 2 atom stereocenters. The van der Waals surface area contributed by atoms with Crippen LogP contribution in [0.25, 0.3) is 0 Å². The molecule has 1 aliphatic rings. The lowest BCUT2D eigenvalue weighted by Crippen LogP contribution is -2.01. The predicted molar refractivity (Wildman–Crippen MR) is 58.5 cm³/mol. The maximum atomic E-state index is 9.98. The van der Waals surface area contributed by atoms with E-state index >= 15 is 0 Å². The zero-order chi connectivity index (χ0) is 10.1. The molecule has 0 bridgehead atoms. The van der Waals surface area contributed by atoms with Crippen LogP contribution in [0.15, 0.2) is 18.2 Å². The normalized spacial score (nSPS) is 26.8.